The quantitative estimate of drug-likeness (QED) is 0.131. The summed E-state index contributed by atoms with van der Waals surface area (Å²) in [6.45, 7) is 6.81. The van der Waals surface area contributed by atoms with Gasteiger partial charge in [0, 0.05) is 25.9 Å². The highest BCUT2D eigenvalue weighted by atomic mass is 28.4. The van der Waals surface area contributed by atoms with Gasteiger partial charge in [-0.2, -0.15) is 8.78 Å². The maximum atomic E-state index is 13.7. The van der Waals surface area contributed by atoms with Crippen molar-refractivity contribution in [3.63, 3.8) is 0 Å². The van der Waals surface area contributed by atoms with E-state index in [1.165, 1.54) is 0 Å². The number of ether oxygens (including phenoxy) is 1. The van der Waals surface area contributed by atoms with Crippen LogP contribution in [-0.4, -0.2) is 35.2 Å². The Balaban J connectivity index is 2.80. The van der Waals surface area contributed by atoms with Crippen LogP contribution < -0.4 is 4.74 Å². The standard InChI is InChI=1S/C18H27F5O4Si/c1-4-8-25-28(26-9-5-2,27-10-6-3)12-7-11-24-18-16(22)14(20)13(19)15(21)17(18)23/h4-12H2,1-3H3. The smallest absolute Gasteiger partial charge is 0.487 e. The molecule has 0 atom stereocenters. The molecule has 0 saturated carbocycles. The maximum absolute atomic E-state index is 13.7. The van der Waals surface area contributed by atoms with E-state index < -0.39 is 43.6 Å². The Morgan fingerprint density at radius 3 is 1.39 bits per heavy atom. The maximum Gasteiger partial charge on any atom is 0.501 e. The molecule has 1 aromatic rings. The van der Waals surface area contributed by atoms with Gasteiger partial charge in [0.2, 0.25) is 29.1 Å². The summed E-state index contributed by atoms with van der Waals surface area (Å²) in [5.41, 5.74) is 0. The highest BCUT2D eigenvalue weighted by Gasteiger charge is 2.40. The topological polar surface area (TPSA) is 36.9 Å². The van der Waals surface area contributed by atoms with Crippen LogP contribution in [0, 0.1) is 29.1 Å². The molecular formula is C18H27F5O4Si. The predicted octanol–water partition coefficient (Wildman–Crippen LogP) is 5.37. The second-order valence-electron chi connectivity index (χ2n) is 6.08. The van der Waals surface area contributed by atoms with Crippen LogP contribution in [0.3, 0.4) is 0 Å². The first kappa shape index (κ1) is 24.8. The summed E-state index contributed by atoms with van der Waals surface area (Å²) in [6.07, 6.45) is 2.45. The van der Waals surface area contributed by atoms with Crippen LogP contribution in [0.4, 0.5) is 22.0 Å². The van der Waals surface area contributed by atoms with Crippen molar-refractivity contribution in [3.8, 4) is 5.75 Å². The van der Waals surface area contributed by atoms with Crippen LogP contribution in [0.15, 0.2) is 0 Å². The molecule has 0 aromatic heterocycles. The monoisotopic (exact) mass is 430 g/mol. The SMILES string of the molecule is CCCO[Si](CCCOc1c(F)c(F)c(F)c(F)c1F)(OCCC)OCCC. The average Bonchev–Trinajstić information content (AvgIpc) is 2.70. The summed E-state index contributed by atoms with van der Waals surface area (Å²) in [5, 5.41) is 0. The van der Waals surface area contributed by atoms with Gasteiger partial charge in [0.15, 0.2) is 5.75 Å². The molecule has 0 N–H and O–H groups in total. The van der Waals surface area contributed by atoms with E-state index >= 15 is 0 Å². The van der Waals surface area contributed by atoms with Crippen molar-refractivity contribution >= 4 is 8.80 Å². The first-order chi connectivity index (χ1) is 13.3. The average molecular weight is 430 g/mol. The van der Waals surface area contributed by atoms with Crippen molar-refractivity contribution < 1.29 is 40.0 Å². The van der Waals surface area contributed by atoms with Gasteiger partial charge in [-0.25, -0.2) is 13.2 Å². The molecule has 0 heterocycles. The molecule has 0 bridgehead atoms. The molecule has 0 aliphatic heterocycles. The van der Waals surface area contributed by atoms with E-state index in [9.17, 15) is 22.0 Å². The molecule has 0 radical (unpaired) electrons. The fourth-order valence-corrected chi connectivity index (χ4v) is 5.09. The molecule has 0 amide bonds. The summed E-state index contributed by atoms with van der Waals surface area (Å²) >= 11 is 0. The molecule has 10 heteroatoms. The van der Waals surface area contributed by atoms with Crippen LogP contribution >= 0.6 is 0 Å². The summed E-state index contributed by atoms with van der Waals surface area (Å²) in [7, 11) is -3.03. The molecule has 0 spiro atoms. The van der Waals surface area contributed by atoms with Crippen molar-refractivity contribution in [2.24, 2.45) is 0 Å². The van der Waals surface area contributed by atoms with E-state index in [0.29, 0.717) is 25.9 Å². The molecule has 1 aromatic carbocycles. The van der Waals surface area contributed by atoms with Crippen LogP contribution in [-0.2, 0) is 13.3 Å². The summed E-state index contributed by atoms with van der Waals surface area (Å²) < 4.78 is 89.3. The minimum atomic E-state index is -3.03. The van der Waals surface area contributed by atoms with E-state index in [-0.39, 0.29) is 13.0 Å². The summed E-state index contributed by atoms with van der Waals surface area (Å²) in [4.78, 5) is 0. The minimum Gasteiger partial charge on any atom is -0.487 e. The van der Waals surface area contributed by atoms with Gasteiger partial charge in [-0.3, -0.25) is 0 Å². The summed E-state index contributed by atoms with van der Waals surface area (Å²) in [5.74, 6) is -11.6. The van der Waals surface area contributed by atoms with Gasteiger partial charge in [-0.15, -0.1) is 0 Å². The normalized spacial score (nSPS) is 11.9. The molecule has 162 valence electrons. The predicted molar refractivity (Wildman–Crippen MR) is 95.6 cm³/mol. The Labute approximate surface area is 163 Å². The molecule has 0 aliphatic rings. The molecule has 1 rings (SSSR count). The largest absolute Gasteiger partial charge is 0.501 e. The highest BCUT2D eigenvalue weighted by molar-refractivity contribution is 6.60. The lowest BCUT2D eigenvalue weighted by Crippen LogP contribution is -2.46. The fourth-order valence-electron chi connectivity index (χ4n) is 2.29. The Hall–Kier alpha value is -1.23. The Morgan fingerprint density at radius 1 is 0.607 bits per heavy atom. The van der Waals surface area contributed by atoms with Gasteiger partial charge < -0.3 is 18.0 Å². The van der Waals surface area contributed by atoms with Crippen molar-refractivity contribution in [2.45, 2.75) is 52.5 Å². The van der Waals surface area contributed by atoms with Crippen molar-refractivity contribution in [3.05, 3.63) is 29.1 Å². The Bertz CT molecular complexity index is 567. The number of hydrogen-bond donors (Lipinski definition) is 0. The van der Waals surface area contributed by atoms with Gasteiger partial charge in [0.25, 0.3) is 0 Å². The van der Waals surface area contributed by atoms with Gasteiger partial charge in [-0.1, -0.05) is 20.8 Å². The molecule has 4 nitrogen and oxygen atoms in total. The second kappa shape index (κ2) is 12.4. The molecule has 0 aliphatic carbocycles. The minimum absolute atomic E-state index is 0.197. The molecule has 28 heavy (non-hydrogen) atoms. The first-order valence-corrected chi connectivity index (χ1v) is 11.3. The van der Waals surface area contributed by atoms with E-state index in [0.717, 1.165) is 19.3 Å². The zero-order chi connectivity index (χ0) is 21.2. The summed E-state index contributed by atoms with van der Waals surface area (Å²) in [6, 6.07) is 0.294. The van der Waals surface area contributed by atoms with Gasteiger partial charge in [0.05, 0.1) is 6.61 Å². The number of hydrogen-bond acceptors (Lipinski definition) is 4. The molecule has 0 saturated heterocycles. The van der Waals surface area contributed by atoms with E-state index in [1.807, 2.05) is 20.8 Å². The lowest BCUT2D eigenvalue weighted by molar-refractivity contribution is 0.0576. The van der Waals surface area contributed by atoms with Gasteiger partial charge in [-0.05, 0) is 25.7 Å². The zero-order valence-electron chi connectivity index (χ0n) is 16.4. The third-order valence-corrected chi connectivity index (χ3v) is 6.52. The van der Waals surface area contributed by atoms with Crippen molar-refractivity contribution in [1.82, 2.24) is 0 Å². The lowest BCUT2D eigenvalue weighted by Gasteiger charge is -2.29. The van der Waals surface area contributed by atoms with E-state index in [4.69, 9.17) is 18.0 Å². The van der Waals surface area contributed by atoms with E-state index in [2.05, 4.69) is 0 Å². The Morgan fingerprint density at radius 2 is 1.00 bits per heavy atom. The first-order valence-electron chi connectivity index (χ1n) is 9.39. The lowest BCUT2D eigenvalue weighted by atomic mass is 10.2. The second-order valence-corrected chi connectivity index (χ2v) is 8.81. The van der Waals surface area contributed by atoms with Crippen molar-refractivity contribution in [2.75, 3.05) is 26.4 Å². The number of halogens is 5. The molecule has 0 fully saturated rings. The van der Waals surface area contributed by atoms with Crippen molar-refractivity contribution in [1.29, 1.82) is 0 Å². The van der Waals surface area contributed by atoms with Gasteiger partial charge in [0.1, 0.15) is 0 Å². The van der Waals surface area contributed by atoms with Gasteiger partial charge >= 0.3 is 8.80 Å². The third-order valence-electron chi connectivity index (χ3n) is 3.62. The Kier molecular flexibility index (Phi) is 10.9. The van der Waals surface area contributed by atoms with Crippen LogP contribution in [0.2, 0.25) is 6.04 Å². The fraction of sp³-hybridized carbons (Fsp3) is 0.667. The molecule has 0 unspecified atom stereocenters. The van der Waals surface area contributed by atoms with Crippen LogP contribution in [0.5, 0.6) is 5.75 Å². The van der Waals surface area contributed by atoms with Crippen LogP contribution in [0.25, 0.3) is 0 Å². The highest BCUT2D eigenvalue weighted by Crippen LogP contribution is 2.29. The molecular weight excluding hydrogens is 403 g/mol. The van der Waals surface area contributed by atoms with E-state index in [1.54, 1.807) is 0 Å². The number of benzene rings is 1. The zero-order valence-corrected chi connectivity index (χ0v) is 17.4. The van der Waals surface area contributed by atoms with Crippen LogP contribution in [0.1, 0.15) is 46.5 Å². The third kappa shape index (κ3) is 6.68. The number of rotatable bonds is 14.